The van der Waals surface area contributed by atoms with Crippen LogP contribution in [0.2, 0.25) is 5.02 Å². The minimum atomic E-state index is -0.918. The Morgan fingerprint density at radius 1 is 1.06 bits per heavy atom. The average Bonchev–Trinajstić information content (AvgIpc) is 3.06. The second-order valence-electron chi connectivity index (χ2n) is 7.62. The first-order chi connectivity index (χ1) is 15.8. The molecule has 4 rings (SSSR count). The number of amides is 1. The number of rotatable bonds is 5. The smallest absolute Gasteiger partial charge is 0.300 e. The normalized spacial score (nSPS) is 17.4. The highest BCUT2D eigenvalue weighted by molar-refractivity contribution is 6.52. The van der Waals surface area contributed by atoms with Crippen LogP contribution in [0.25, 0.3) is 5.76 Å². The Hall–Kier alpha value is -3.77. The summed E-state index contributed by atoms with van der Waals surface area (Å²) in [4.78, 5) is 27.9. The number of carbonyl (C=O) groups excluding carboxylic acids is 2. The summed E-state index contributed by atoms with van der Waals surface area (Å²) >= 11 is 6.35. The van der Waals surface area contributed by atoms with E-state index in [0.29, 0.717) is 23.6 Å². The van der Waals surface area contributed by atoms with Gasteiger partial charge in [-0.2, -0.15) is 0 Å². The largest absolute Gasteiger partial charge is 0.508 e. The van der Waals surface area contributed by atoms with Gasteiger partial charge in [0.2, 0.25) is 0 Å². The number of benzene rings is 3. The van der Waals surface area contributed by atoms with Crippen LogP contribution < -0.4 is 9.64 Å². The molecular weight excluding hydrogens is 442 g/mol. The fourth-order valence-corrected chi connectivity index (χ4v) is 4.18. The summed E-state index contributed by atoms with van der Waals surface area (Å²) in [5.41, 5.74) is 1.98. The standard InChI is InChI=1S/C26H22ClNO5/c1-3-33-18-12-13-20(27)19(14-18)24(30)22-23(16-8-10-17(29)11-9-16)28(26(32)25(22)31)21-7-5-4-6-15(21)2/h4-14,23,29-30H,3H2,1-2H3/b24-22+. The summed E-state index contributed by atoms with van der Waals surface area (Å²) in [6.45, 7) is 4.07. The van der Waals surface area contributed by atoms with Crippen LogP contribution in [0.15, 0.2) is 72.3 Å². The number of ether oxygens (including phenoxy) is 1. The molecule has 1 atom stereocenters. The molecule has 33 heavy (non-hydrogen) atoms. The van der Waals surface area contributed by atoms with Gasteiger partial charge in [0.15, 0.2) is 0 Å². The third kappa shape index (κ3) is 4.05. The fraction of sp³-hybridized carbons (Fsp3) is 0.154. The Kier molecular flexibility index (Phi) is 6.11. The van der Waals surface area contributed by atoms with Gasteiger partial charge in [0, 0.05) is 11.3 Å². The molecule has 168 valence electrons. The number of halogens is 1. The molecule has 1 fully saturated rings. The third-order valence-electron chi connectivity index (χ3n) is 5.53. The fourth-order valence-electron chi connectivity index (χ4n) is 3.97. The van der Waals surface area contributed by atoms with Crippen molar-refractivity contribution in [1.82, 2.24) is 0 Å². The highest BCUT2D eigenvalue weighted by Gasteiger charge is 2.47. The Bertz CT molecular complexity index is 1270. The van der Waals surface area contributed by atoms with E-state index in [4.69, 9.17) is 16.3 Å². The lowest BCUT2D eigenvalue weighted by molar-refractivity contribution is -0.132. The maximum atomic E-state index is 13.3. The molecule has 0 saturated carbocycles. The van der Waals surface area contributed by atoms with Crippen LogP contribution in [0.3, 0.4) is 0 Å². The molecule has 1 aliphatic heterocycles. The highest BCUT2D eigenvalue weighted by Crippen LogP contribution is 2.44. The summed E-state index contributed by atoms with van der Waals surface area (Å²) in [7, 11) is 0. The van der Waals surface area contributed by atoms with Gasteiger partial charge in [-0.1, -0.05) is 41.9 Å². The number of para-hydroxylation sites is 1. The van der Waals surface area contributed by atoms with Gasteiger partial charge in [0.1, 0.15) is 17.3 Å². The number of phenols is 1. The molecule has 1 aliphatic rings. The van der Waals surface area contributed by atoms with Gasteiger partial charge < -0.3 is 14.9 Å². The Labute approximate surface area is 196 Å². The van der Waals surface area contributed by atoms with E-state index >= 15 is 0 Å². The summed E-state index contributed by atoms with van der Waals surface area (Å²) in [6, 6.07) is 17.2. The van der Waals surface area contributed by atoms with Crippen molar-refractivity contribution < 1.29 is 24.5 Å². The zero-order valence-electron chi connectivity index (χ0n) is 18.1. The van der Waals surface area contributed by atoms with Crippen LogP contribution in [0.4, 0.5) is 5.69 Å². The van der Waals surface area contributed by atoms with Crippen molar-refractivity contribution in [2.45, 2.75) is 19.9 Å². The number of aromatic hydroxyl groups is 1. The molecule has 1 saturated heterocycles. The predicted molar refractivity (Wildman–Crippen MR) is 127 cm³/mol. The Morgan fingerprint density at radius 3 is 2.42 bits per heavy atom. The first kappa shape index (κ1) is 22.4. The molecule has 7 heteroatoms. The molecule has 1 amide bonds. The lowest BCUT2D eigenvalue weighted by Gasteiger charge is -2.27. The minimum absolute atomic E-state index is 0.0408. The van der Waals surface area contributed by atoms with E-state index < -0.39 is 23.5 Å². The number of anilines is 1. The number of carbonyl (C=O) groups is 2. The molecule has 0 aliphatic carbocycles. The van der Waals surface area contributed by atoms with Crippen LogP contribution in [-0.2, 0) is 9.59 Å². The summed E-state index contributed by atoms with van der Waals surface area (Å²) in [5, 5.41) is 21.3. The molecule has 0 radical (unpaired) electrons. The van der Waals surface area contributed by atoms with Gasteiger partial charge in [-0.05, 0) is 61.4 Å². The number of aryl methyl sites for hydroxylation is 1. The number of aliphatic hydroxyl groups excluding tert-OH is 1. The summed E-state index contributed by atoms with van der Waals surface area (Å²) in [6.07, 6.45) is 0. The van der Waals surface area contributed by atoms with E-state index in [9.17, 15) is 19.8 Å². The first-order valence-electron chi connectivity index (χ1n) is 10.4. The van der Waals surface area contributed by atoms with Crippen molar-refractivity contribution >= 4 is 34.7 Å². The second-order valence-corrected chi connectivity index (χ2v) is 8.03. The van der Waals surface area contributed by atoms with Gasteiger partial charge in [-0.15, -0.1) is 0 Å². The van der Waals surface area contributed by atoms with E-state index in [0.717, 1.165) is 5.56 Å². The SMILES string of the molecule is CCOc1ccc(Cl)c(/C(O)=C2\C(=O)C(=O)N(c3ccccc3C)C2c2ccc(O)cc2)c1. The van der Waals surface area contributed by atoms with Crippen LogP contribution in [0.1, 0.15) is 29.7 Å². The van der Waals surface area contributed by atoms with Gasteiger partial charge >= 0.3 is 0 Å². The van der Waals surface area contributed by atoms with E-state index in [1.54, 1.807) is 36.4 Å². The topological polar surface area (TPSA) is 87.1 Å². The van der Waals surface area contributed by atoms with Crippen LogP contribution in [0, 0.1) is 6.92 Å². The molecule has 3 aromatic carbocycles. The Balaban J connectivity index is 1.97. The van der Waals surface area contributed by atoms with Gasteiger partial charge in [-0.3, -0.25) is 14.5 Å². The van der Waals surface area contributed by atoms with Crippen molar-refractivity contribution in [2.24, 2.45) is 0 Å². The number of hydrogen-bond acceptors (Lipinski definition) is 5. The molecule has 3 aromatic rings. The van der Waals surface area contributed by atoms with Crippen molar-refractivity contribution in [2.75, 3.05) is 11.5 Å². The second kappa shape index (κ2) is 9.00. The minimum Gasteiger partial charge on any atom is -0.508 e. The van der Waals surface area contributed by atoms with E-state index in [1.807, 2.05) is 26.0 Å². The molecular formula is C26H22ClNO5. The average molecular weight is 464 g/mol. The van der Waals surface area contributed by atoms with Crippen LogP contribution in [-0.4, -0.2) is 28.5 Å². The molecule has 1 heterocycles. The zero-order chi connectivity index (χ0) is 23.7. The number of phenolic OH excluding ortho intramolecular Hbond substituents is 1. The van der Waals surface area contributed by atoms with E-state index in [1.165, 1.54) is 23.1 Å². The van der Waals surface area contributed by atoms with E-state index in [2.05, 4.69) is 0 Å². The molecule has 1 unspecified atom stereocenters. The zero-order valence-corrected chi connectivity index (χ0v) is 18.8. The van der Waals surface area contributed by atoms with Crippen molar-refractivity contribution in [3.63, 3.8) is 0 Å². The number of ketones is 1. The third-order valence-corrected chi connectivity index (χ3v) is 5.86. The lowest BCUT2D eigenvalue weighted by Crippen LogP contribution is -2.30. The van der Waals surface area contributed by atoms with Crippen molar-refractivity contribution in [3.8, 4) is 11.5 Å². The highest BCUT2D eigenvalue weighted by atomic mass is 35.5. The number of hydrogen-bond donors (Lipinski definition) is 2. The number of aliphatic hydroxyl groups is 1. The molecule has 6 nitrogen and oxygen atoms in total. The van der Waals surface area contributed by atoms with E-state index in [-0.39, 0.29) is 21.9 Å². The maximum Gasteiger partial charge on any atom is 0.300 e. The van der Waals surface area contributed by atoms with Gasteiger partial charge in [0.25, 0.3) is 11.7 Å². The quantitative estimate of drug-likeness (QED) is 0.301. The predicted octanol–water partition coefficient (Wildman–Crippen LogP) is 5.38. The van der Waals surface area contributed by atoms with Crippen molar-refractivity contribution in [1.29, 1.82) is 0 Å². The molecule has 0 bridgehead atoms. The van der Waals surface area contributed by atoms with Gasteiger partial charge in [0.05, 0.1) is 23.2 Å². The monoisotopic (exact) mass is 463 g/mol. The molecule has 0 aromatic heterocycles. The molecule has 2 N–H and O–H groups in total. The van der Waals surface area contributed by atoms with Gasteiger partial charge in [-0.25, -0.2) is 0 Å². The molecule has 0 spiro atoms. The summed E-state index contributed by atoms with van der Waals surface area (Å²) in [5.74, 6) is -1.47. The maximum absolute atomic E-state index is 13.3. The summed E-state index contributed by atoms with van der Waals surface area (Å²) < 4.78 is 5.51. The lowest BCUT2D eigenvalue weighted by atomic mass is 9.94. The number of Topliss-reactive ketones (excluding diaryl/α,β-unsaturated/α-hetero) is 1. The van der Waals surface area contributed by atoms with Crippen LogP contribution >= 0.6 is 11.6 Å². The first-order valence-corrected chi connectivity index (χ1v) is 10.8. The number of nitrogens with zero attached hydrogens (tertiary/aromatic N) is 1. The van der Waals surface area contributed by atoms with Crippen molar-refractivity contribution in [3.05, 3.63) is 94.0 Å². The van der Waals surface area contributed by atoms with Crippen LogP contribution in [0.5, 0.6) is 11.5 Å². The Morgan fingerprint density at radius 2 is 1.76 bits per heavy atom.